The Morgan fingerprint density at radius 2 is 0.702 bits per heavy atom. The maximum atomic E-state index is 2.45. The molecular weight excluding hydrogens is 687 g/mol. The highest BCUT2D eigenvalue weighted by Crippen LogP contribution is 2.47. The highest BCUT2D eigenvalue weighted by atomic mass is 15.1. The zero-order chi connectivity index (χ0) is 38.0. The van der Waals surface area contributed by atoms with Crippen molar-refractivity contribution in [2.45, 2.75) is 0 Å². The molecule has 0 amide bonds. The molecule has 57 heavy (non-hydrogen) atoms. The molecule has 0 fully saturated rings. The summed E-state index contributed by atoms with van der Waals surface area (Å²) in [5, 5.41) is 4.88. The van der Waals surface area contributed by atoms with E-state index in [2.05, 4.69) is 241 Å². The van der Waals surface area contributed by atoms with Crippen LogP contribution in [0.3, 0.4) is 0 Å². The fraction of sp³-hybridized carbons (Fsp3) is 0. The highest BCUT2D eigenvalue weighted by Gasteiger charge is 2.22. The number of nitrogens with zero attached hydrogens (tertiary/aromatic N) is 1. The van der Waals surface area contributed by atoms with Gasteiger partial charge in [-0.1, -0.05) is 206 Å². The molecule has 0 unspecified atom stereocenters. The maximum Gasteiger partial charge on any atom is 0.0540 e. The summed E-state index contributed by atoms with van der Waals surface area (Å²) in [7, 11) is 0. The third-order valence-electron chi connectivity index (χ3n) is 11.1. The molecule has 0 aliphatic heterocycles. The van der Waals surface area contributed by atoms with Crippen LogP contribution in [0.25, 0.3) is 77.2 Å². The van der Waals surface area contributed by atoms with Crippen LogP contribution in [0.4, 0.5) is 17.1 Å². The second-order valence-corrected chi connectivity index (χ2v) is 14.5. The largest absolute Gasteiger partial charge is 0.309 e. The first-order chi connectivity index (χ1) is 28.3. The molecule has 0 heterocycles. The van der Waals surface area contributed by atoms with Gasteiger partial charge in [-0.15, -0.1) is 0 Å². The standard InChI is InChI=1S/C56H39N/c1-2-16-40(17-3-1)42-32-35-44(36-33-42)49-24-8-9-26-51(49)52-27-10-11-28-53(52)54-29-12-13-30-56(54)57(55-31-15-21-43-19-6-7-25-50(43)55)48-23-14-22-46(39-48)47-37-34-41-18-4-5-20-45(41)38-47/h1-39H. The van der Waals surface area contributed by atoms with Crippen molar-refractivity contribution in [3.8, 4) is 55.6 Å². The Bertz CT molecular complexity index is 3010. The molecule has 0 saturated carbocycles. The summed E-state index contributed by atoms with van der Waals surface area (Å²) in [6.07, 6.45) is 0. The molecule has 268 valence electrons. The lowest BCUT2D eigenvalue weighted by molar-refractivity contribution is 1.30. The van der Waals surface area contributed by atoms with Gasteiger partial charge >= 0.3 is 0 Å². The number of fused-ring (bicyclic) bond motifs is 2. The van der Waals surface area contributed by atoms with Gasteiger partial charge < -0.3 is 4.90 Å². The predicted octanol–water partition coefficient (Wildman–Crippen LogP) is 15.8. The highest BCUT2D eigenvalue weighted by molar-refractivity contribution is 6.03. The summed E-state index contributed by atoms with van der Waals surface area (Å²) in [6, 6.07) is 85.7. The van der Waals surface area contributed by atoms with Gasteiger partial charge in [0.15, 0.2) is 0 Å². The number of hydrogen-bond donors (Lipinski definition) is 0. The lowest BCUT2D eigenvalue weighted by Crippen LogP contribution is -2.12. The van der Waals surface area contributed by atoms with Gasteiger partial charge in [0.2, 0.25) is 0 Å². The van der Waals surface area contributed by atoms with E-state index in [1.807, 2.05) is 0 Å². The van der Waals surface area contributed by atoms with Crippen LogP contribution in [-0.4, -0.2) is 0 Å². The van der Waals surface area contributed by atoms with Gasteiger partial charge in [-0.05, 0) is 96.6 Å². The van der Waals surface area contributed by atoms with Gasteiger partial charge in [0.1, 0.15) is 0 Å². The quantitative estimate of drug-likeness (QED) is 0.151. The van der Waals surface area contributed by atoms with Crippen LogP contribution in [0.2, 0.25) is 0 Å². The normalized spacial score (nSPS) is 11.2. The molecule has 0 aromatic heterocycles. The van der Waals surface area contributed by atoms with Crippen molar-refractivity contribution < 1.29 is 0 Å². The van der Waals surface area contributed by atoms with Gasteiger partial charge in [0, 0.05) is 16.6 Å². The Balaban J connectivity index is 1.14. The smallest absolute Gasteiger partial charge is 0.0540 e. The van der Waals surface area contributed by atoms with E-state index in [0.717, 1.165) is 22.6 Å². The molecule has 0 N–H and O–H groups in total. The molecule has 0 aliphatic rings. The molecule has 0 saturated heterocycles. The lowest BCUT2D eigenvalue weighted by Gasteiger charge is -2.30. The van der Waals surface area contributed by atoms with E-state index >= 15 is 0 Å². The topological polar surface area (TPSA) is 3.24 Å². The van der Waals surface area contributed by atoms with E-state index in [1.165, 1.54) is 71.6 Å². The Labute approximate surface area is 334 Å². The maximum absolute atomic E-state index is 2.45. The average Bonchev–Trinajstić information content (AvgIpc) is 3.30. The summed E-state index contributed by atoms with van der Waals surface area (Å²) in [4.78, 5) is 2.45. The van der Waals surface area contributed by atoms with Crippen molar-refractivity contribution in [3.05, 3.63) is 237 Å². The fourth-order valence-corrected chi connectivity index (χ4v) is 8.30. The average molecular weight is 726 g/mol. The molecule has 1 nitrogen and oxygen atoms in total. The first kappa shape index (κ1) is 34.0. The molecule has 0 spiro atoms. The number of rotatable bonds is 8. The minimum Gasteiger partial charge on any atom is -0.309 e. The summed E-state index contributed by atoms with van der Waals surface area (Å²) in [5.74, 6) is 0. The van der Waals surface area contributed by atoms with Crippen molar-refractivity contribution >= 4 is 38.6 Å². The second kappa shape index (κ2) is 15.0. The van der Waals surface area contributed by atoms with E-state index in [4.69, 9.17) is 0 Å². The van der Waals surface area contributed by atoms with Gasteiger partial charge in [0.25, 0.3) is 0 Å². The minimum atomic E-state index is 1.10. The van der Waals surface area contributed by atoms with E-state index in [9.17, 15) is 0 Å². The van der Waals surface area contributed by atoms with Crippen molar-refractivity contribution in [1.29, 1.82) is 0 Å². The Hall–Kier alpha value is -7.48. The zero-order valence-electron chi connectivity index (χ0n) is 31.5. The molecule has 10 aromatic carbocycles. The van der Waals surface area contributed by atoms with E-state index in [0.29, 0.717) is 0 Å². The molecular formula is C56H39N. The molecule has 10 aromatic rings. The summed E-state index contributed by atoms with van der Waals surface area (Å²) in [5.41, 5.74) is 15.3. The first-order valence-corrected chi connectivity index (χ1v) is 19.6. The fourth-order valence-electron chi connectivity index (χ4n) is 8.30. The third kappa shape index (κ3) is 6.56. The van der Waals surface area contributed by atoms with Crippen molar-refractivity contribution in [2.75, 3.05) is 4.90 Å². The second-order valence-electron chi connectivity index (χ2n) is 14.5. The number of hydrogen-bond acceptors (Lipinski definition) is 1. The van der Waals surface area contributed by atoms with Gasteiger partial charge in [0.05, 0.1) is 11.4 Å². The van der Waals surface area contributed by atoms with E-state index in [1.54, 1.807) is 0 Å². The third-order valence-corrected chi connectivity index (χ3v) is 11.1. The van der Waals surface area contributed by atoms with E-state index in [-0.39, 0.29) is 0 Å². The van der Waals surface area contributed by atoms with Crippen LogP contribution in [0.1, 0.15) is 0 Å². The molecule has 1 heteroatoms. The monoisotopic (exact) mass is 725 g/mol. The molecule has 0 radical (unpaired) electrons. The Kier molecular flexibility index (Phi) is 8.95. The molecule has 0 bridgehead atoms. The van der Waals surface area contributed by atoms with Crippen LogP contribution in [0.15, 0.2) is 237 Å². The van der Waals surface area contributed by atoms with Gasteiger partial charge in [-0.3, -0.25) is 0 Å². The predicted molar refractivity (Wildman–Crippen MR) is 243 cm³/mol. The van der Waals surface area contributed by atoms with Crippen molar-refractivity contribution in [3.63, 3.8) is 0 Å². The SMILES string of the molecule is c1ccc(-c2ccc(-c3ccccc3-c3ccccc3-c3ccccc3N(c3cccc(-c4ccc5ccccc5c4)c3)c3cccc4ccccc34)cc2)cc1. The number of benzene rings is 10. The van der Waals surface area contributed by atoms with Crippen LogP contribution in [0, 0.1) is 0 Å². The van der Waals surface area contributed by atoms with Gasteiger partial charge in [-0.2, -0.15) is 0 Å². The van der Waals surface area contributed by atoms with Crippen LogP contribution >= 0.6 is 0 Å². The van der Waals surface area contributed by atoms with Crippen LogP contribution in [0.5, 0.6) is 0 Å². The Morgan fingerprint density at radius 3 is 1.49 bits per heavy atom. The van der Waals surface area contributed by atoms with Crippen molar-refractivity contribution in [2.24, 2.45) is 0 Å². The molecule has 10 rings (SSSR count). The summed E-state index contributed by atoms with van der Waals surface area (Å²) in [6.45, 7) is 0. The molecule has 0 atom stereocenters. The number of anilines is 3. The van der Waals surface area contributed by atoms with Crippen LogP contribution < -0.4 is 4.90 Å². The van der Waals surface area contributed by atoms with Crippen LogP contribution in [-0.2, 0) is 0 Å². The summed E-state index contributed by atoms with van der Waals surface area (Å²) < 4.78 is 0. The summed E-state index contributed by atoms with van der Waals surface area (Å²) >= 11 is 0. The van der Waals surface area contributed by atoms with Crippen molar-refractivity contribution in [1.82, 2.24) is 0 Å². The van der Waals surface area contributed by atoms with E-state index < -0.39 is 0 Å². The number of para-hydroxylation sites is 1. The minimum absolute atomic E-state index is 1.10. The zero-order valence-corrected chi connectivity index (χ0v) is 31.5. The Morgan fingerprint density at radius 1 is 0.228 bits per heavy atom. The molecule has 0 aliphatic carbocycles. The lowest BCUT2D eigenvalue weighted by atomic mass is 9.88. The first-order valence-electron chi connectivity index (χ1n) is 19.6. The van der Waals surface area contributed by atoms with Gasteiger partial charge in [-0.25, -0.2) is 0 Å².